The van der Waals surface area contributed by atoms with E-state index in [9.17, 15) is 4.79 Å². The maximum Gasteiger partial charge on any atom is 0.231 e. The third kappa shape index (κ3) is 1.01. The molecule has 0 atom stereocenters. The van der Waals surface area contributed by atoms with Gasteiger partial charge in [0.1, 0.15) is 0 Å². The number of anilines is 1. The van der Waals surface area contributed by atoms with Crippen molar-refractivity contribution in [2.24, 2.45) is 0 Å². The van der Waals surface area contributed by atoms with Crippen molar-refractivity contribution < 1.29 is 4.79 Å². The van der Waals surface area contributed by atoms with Crippen LogP contribution in [0.1, 0.15) is 5.56 Å². The monoisotopic (exact) mass is 179 g/mol. The molecular weight excluding hydrogens is 170 g/mol. The van der Waals surface area contributed by atoms with E-state index in [0.717, 1.165) is 16.1 Å². The number of fused-ring (bicyclic) bond motifs is 1. The van der Waals surface area contributed by atoms with E-state index in [1.807, 2.05) is 18.2 Å². The van der Waals surface area contributed by atoms with Crippen LogP contribution in [0.4, 0.5) is 5.69 Å². The number of benzene rings is 1. The van der Waals surface area contributed by atoms with Crippen molar-refractivity contribution in [2.45, 2.75) is 11.3 Å². The van der Waals surface area contributed by atoms with Crippen LogP contribution >= 0.6 is 12.6 Å². The molecular formula is C9H9NOS. The van der Waals surface area contributed by atoms with Crippen molar-refractivity contribution >= 4 is 24.2 Å². The maximum atomic E-state index is 11.2. The molecule has 62 valence electrons. The van der Waals surface area contributed by atoms with Crippen molar-refractivity contribution in [3.8, 4) is 0 Å². The Bertz CT molecular complexity index is 348. The highest BCUT2D eigenvalue weighted by molar-refractivity contribution is 7.80. The van der Waals surface area contributed by atoms with Gasteiger partial charge in [0, 0.05) is 17.6 Å². The molecule has 0 bridgehead atoms. The third-order valence-corrected chi connectivity index (χ3v) is 2.42. The summed E-state index contributed by atoms with van der Waals surface area (Å²) >= 11 is 4.21. The summed E-state index contributed by atoms with van der Waals surface area (Å²) in [6.07, 6.45) is 0.514. The quantitative estimate of drug-likeness (QED) is 0.598. The zero-order chi connectivity index (χ0) is 8.72. The average molecular weight is 179 g/mol. The highest BCUT2D eigenvalue weighted by atomic mass is 32.1. The molecule has 0 radical (unpaired) electrons. The van der Waals surface area contributed by atoms with Crippen molar-refractivity contribution in [3.63, 3.8) is 0 Å². The molecule has 1 aromatic carbocycles. The topological polar surface area (TPSA) is 20.3 Å². The van der Waals surface area contributed by atoms with Gasteiger partial charge >= 0.3 is 0 Å². The van der Waals surface area contributed by atoms with Crippen LogP contribution in [0, 0.1) is 0 Å². The van der Waals surface area contributed by atoms with Crippen molar-refractivity contribution in [2.75, 3.05) is 11.9 Å². The SMILES string of the molecule is CN1C(=O)Cc2cc(S)ccc21. The molecule has 1 heterocycles. The molecule has 0 spiro atoms. The number of carbonyl (C=O) groups is 1. The van der Waals surface area contributed by atoms with E-state index in [-0.39, 0.29) is 5.91 Å². The zero-order valence-corrected chi connectivity index (χ0v) is 7.64. The van der Waals surface area contributed by atoms with E-state index < -0.39 is 0 Å². The number of nitrogens with zero attached hydrogens (tertiary/aromatic N) is 1. The summed E-state index contributed by atoms with van der Waals surface area (Å²) < 4.78 is 0. The van der Waals surface area contributed by atoms with Crippen LogP contribution < -0.4 is 4.90 Å². The highest BCUT2D eigenvalue weighted by Crippen LogP contribution is 2.28. The van der Waals surface area contributed by atoms with E-state index in [1.54, 1.807) is 11.9 Å². The summed E-state index contributed by atoms with van der Waals surface area (Å²) in [5.74, 6) is 0.156. The Balaban J connectivity index is 2.54. The maximum absolute atomic E-state index is 11.2. The second-order valence-corrected chi connectivity index (χ2v) is 3.46. The second-order valence-electron chi connectivity index (χ2n) is 2.94. The van der Waals surface area contributed by atoms with Gasteiger partial charge in [-0.2, -0.15) is 0 Å². The molecule has 0 saturated heterocycles. The fraction of sp³-hybridized carbons (Fsp3) is 0.222. The number of rotatable bonds is 0. The minimum Gasteiger partial charge on any atom is -0.315 e. The highest BCUT2D eigenvalue weighted by Gasteiger charge is 2.23. The Hall–Kier alpha value is -0.960. The Morgan fingerprint density at radius 3 is 3.00 bits per heavy atom. The van der Waals surface area contributed by atoms with Gasteiger partial charge in [-0.05, 0) is 23.8 Å². The Morgan fingerprint density at radius 1 is 1.50 bits per heavy atom. The number of amides is 1. The minimum absolute atomic E-state index is 0.156. The molecule has 2 rings (SSSR count). The smallest absolute Gasteiger partial charge is 0.231 e. The van der Waals surface area contributed by atoms with Gasteiger partial charge in [0.15, 0.2) is 0 Å². The molecule has 0 aromatic heterocycles. The number of hydrogen-bond acceptors (Lipinski definition) is 2. The lowest BCUT2D eigenvalue weighted by Crippen LogP contribution is -2.20. The van der Waals surface area contributed by atoms with Gasteiger partial charge in [-0.1, -0.05) is 0 Å². The second kappa shape index (κ2) is 2.52. The lowest BCUT2D eigenvalue weighted by atomic mass is 10.2. The molecule has 12 heavy (non-hydrogen) atoms. The summed E-state index contributed by atoms with van der Waals surface area (Å²) in [5.41, 5.74) is 2.09. The average Bonchev–Trinajstić information content (AvgIpc) is 2.28. The van der Waals surface area contributed by atoms with E-state index in [4.69, 9.17) is 0 Å². The normalized spacial score (nSPS) is 15.2. The predicted molar refractivity (Wildman–Crippen MR) is 50.8 cm³/mol. The zero-order valence-electron chi connectivity index (χ0n) is 6.74. The largest absolute Gasteiger partial charge is 0.315 e. The molecule has 2 nitrogen and oxygen atoms in total. The van der Waals surface area contributed by atoms with Gasteiger partial charge in [0.2, 0.25) is 5.91 Å². The predicted octanol–water partition coefficient (Wildman–Crippen LogP) is 1.49. The Labute approximate surface area is 76.6 Å². The van der Waals surface area contributed by atoms with Gasteiger partial charge in [-0.25, -0.2) is 0 Å². The van der Waals surface area contributed by atoms with Crippen LogP contribution in [0.25, 0.3) is 0 Å². The number of carbonyl (C=O) groups excluding carboxylic acids is 1. The Kier molecular flexibility index (Phi) is 1.61. The Morgan fingerprint density at radius 2 is 2.25 bits per heavy atom. The molecule has 0 aliphatic carbocycles. The fourth-order valence-corrected chi connectivity index (χ4v) is 1.69. The van der Waals surface area contributed by atoms with Crippen LogP contribution in [-0.4, -0.2) is 13.0 Å². The molecule has 3 heteroatoms. The van der Waals surface area contributed by atoms with E-state index in [2.05, 4.69) is 12.6 Å². The van der Waals surface area contributed by atoms with Crippen molar-refractivity contribution in [1.29, 1.82) is 0 Å². The first-order valence-corrected chi connectivity index (χ1v) is 4.21. The van der Waals surface area contributed by atoms with Crippen molar-refractivity contribution in [1.82, 2.24) is 0 Å². The van der Waals surface area contributed by atoms with E-state index in [1.165, 1.54) is 0 Å². The lowest BCUT2D eigenvalue weighted by Gasteiger charge is -2.09. The molecule has 1 aliphatic heterocycles. The van der Waals surface area contributed by atoms with Crippen LogP contribution in [0.5, 0.6) is 0 Å². The number of hydrogen-bond donors (Lipinski definition) is 1. The summed E-state index contributed by atoms with van der Waals surface area (Å²) in [5, 5.41) is 0. The summed E-state index contributed by atoms with van der Waals surface area (Å²) in [7, 11) is 1.80. The van der Waals surface area contributed by atoms with Gasteiger partial charge < -0.3 is 4.90 Å². The van der Waals surface area contributed by atoms with Gasteiger partial charge in [-0.3, -0.25) is 4.79 Å². The fourth-order valence-electron chi connectivity index (χ4n) is 1.46. The van der Waals surface area contributed by atoms with Gasteiger partial charge in [0.05, 0.1) is 6.42 Å². The summed E-state index contributed by atoms with van der Waals surface area (Å²) in [4.78, 5) is 13.8. The summed E-state index contributed by atoms with van der Waals surface area (Å²) in [6, 6.07) is 5.78. The number of likely N-dealkylation sites (N-methyl/N-ethyl adjacent to an activating group) is 1. The van der Waals surface area contributed by atoms with Gasteiger partial charge in [0.25, 0.3) is 0 Å². The van der Waals surface area contributed by atoms with Gasteiger partial charge in [-0.15, -0.1) is 12.6 Å². The van der Waals surface area contributed by atoms with E-state index in [0.29, 0.717) is 6.42 Å². The van der Waals surface area contributed by atoms with Crippen LogP contribution in [0.3, 0.4) is 0 Å². The first-order valence-electron chi connectivity index (χ1n) is 3.77. The van der Waals surface area contributed by atoms with Crippen LogP contribution in [0.15, 0.2) is 23.1 Å². The molecule has 0 fully saturated rings. The molecule has 1 aromatic rings. The first kappa shape index (κ1) is 7.68. The molecule has 0 N–H and O–H groups in total. The summed E-state index contributed by atoms with van der Waals surface area (Å²) in [6.45, 7) is 0. The lowest BCUT2D eigenvalue weighted by molar-refractivity contribution is -0.117. The van der Waals surface area contributed by atoms with E-state index >= 15 is 0 Å². The minimum atomic E-state index is 0.156. The van der Waals surface area contributed by atoms with Crippen LogP contribution in [0.2, 0.25) is 0 Å². The van der Waals surface area contributed by atoms with Crippen LogP contribution in [-0.2, 0) is 11.2 Å². The number of thiol groups is 1. The third-order valence-electron chi connectivity index (χ3n) is 2.14. The molecule has 0 saturated carbocycles. The molecule has 1 amide bonds. The van der Waals surface area contributed by atoms with Crippen molar-refractivity contribution in [3.05, 3.63) is 23.8 Å². The molecule has 1 aliphatic rings. The standard InChI is InChI=1S/C9H9NOS/c1-10-8-3-2-7(12)4-6(8)5-9(10)11/h2-4,12H,5H2,1H3. The molecule has 0 unspecified atom stereocenters. The first-order chi connectivity index (χ1) is 5.68.